The smallest absolute Gasteiger partial charge is 0.256 e. The van der Waals surface area contributed by atoms with Gasteiger partial charge in [-0.15, -0.1) is 0 Å². The van der Waals surface area contributed by atoms with Gasteiger partial charge < -0.3 is 14.8 Å². The Morgan fingerprint density at radius 2 is 1.86 bits per heavy atom. The Balaban J connectivity index is 2.76. The van der Waals surface area contributed by atoms with Crippen LogP contribution in [0.2, 0.25) is 0 Å². The van der Waals surface area contributed by atoms with E-state index in [0.29, 0.717) is 25.6 Å². The molecule has 1 aromatic carbocycles. The van der Waals surface area contributed by atoms with Crippen molar-refractivity contribution in [1.29, 1.82) is 0 Å². The van der Waals surface area contributed by atoms with Gasteiger partial charge in [0.25, 0.3) is 5.91 Å². The topological polar surface area (TPSA) is 47.6 Å². The molecule has 0 aromatic heterocycles. The highest BCUT2D eigenvalue weighted by atomic mass is 16.5. The van der Waals surface area contributed by atoms with Crippen molar-refractivity contribution in [3.05, 3.63) is 24.3 Å². The zero-order valence-electron chi connectivity index (χ0n) is 14.4. The molecular weight excluding hydrogens is 278 g/mol. The van der Waals surface area contributed by atoms with Gasteiger partial charge in [-0.3, -0.25) is 4.79 Å². The average Bonchev–Trinajstić information content (AvgIpc) is 2.46. The molecule has 1 aromatic rings. The van der Waals surface area contributed by atoms with Crippen LogP contribution in [0.1, 0.15) is 47.5 Å². The minimum atomic E-state index is -0.803. The zero-order chi connectivity index (χ0) is 16.6. The Morgan fingerprint density at radius 3 is 2.36 bits per heavy atom. The summed E-state index contributed by atoms with van der Waals surface area (Å²) in [5.74, 6) is 1.08. The van der Waals surface area contributed by atoms with Crippen LogP contribution in [-0.4, -0.2) is 24.7 Å². The Morgan fingerprint density at radius 1 is 1.23 bits per heavy atom. The molecule has 0 bridgehead atoms. The van der Waals surface area contributed by atoms with Gasteiger partial charge in [0.05, 0.1) is 6.61 Å². The molecule has 0 heterocycles. The second kappa shape index (κ2) is 8.79. The summed E-state index contributed by atoms with van der Waals surface area (Å²) in [5, 5.41) is 2.95. The van der Waals surface area contributed by atoms with Gasteiger partial charge in [0.15, 0.2) is 0 Å². The molecule has 4 nitrogen and oxygen atoms in total. The molecule has 0 aliphatic heterocycles. The lowest BCUT2D eigenvalue weighted by Crippen LogP contribution is -2.44. The van der Waals surface area contributed by atoms with E-state index in [2.05, 4.69) is 19.2 Å². The zero-order valence-corrected chi connectivity index (χ0v) is 14.4. The first-order valence-electron chi connectivity index (χ1n) is 8.09. The summed E-state index contributed by atoms with van der Waals surface area (Å²) in [6.45, 7) is 11.3. The maximum Gasteiger partial charge on any atom is 0.256 e. The van der Waals surface area contributed by atoms with Gasteiger partial charge in [-0.2, -0.15) is 0 Å². The molecule has 1 rings (SSSR count). The van der Waals surface area contributed by atoms with Crippen LogP contribution in [0.25, 0.3) is 0 Å². The number of rotatable bonds is 9. The minimum Gasteiger partial charge on any atom is -0.494 e. The van der Waals surface area contributed by atoms with Crippen molar-refractivity contribution in [2.75, 3.05) is 18.5 Å². The monoisotopic (exact) mass is 307 g/mol. The second-order valence-corrected chi connectivity index (χ2v) is 6.09. The molecule has 0 fully saturated rings. The van der Waals surface area contributed by atoms with Crippen molar-refractivity contribution in [1.82, 2.24) is 0 Å². The third-order valence-electron chi connectivity index (χ3n) is 3.33. The van der Waals surface area contributed by atoms with E-state index in [-0.39, 0.29) is 5.91 Å². The molecule has 124 valence electrons. The fourth-order valence-electron chi connectivity index (χ4n) is 2.39. The highest BCUT2D eigenvalue weighted by molar-refractivity contribution is 5.97. The fourth-order valence-corrected chi connectivity index (χ4v) is 2.39. The van der Waals surface area contributed by atoms with Gasteiger partial charge >= 0.3 is 0 Å². The van der Waals surface area contributed by atoms with Gasteiger partial charge in [0, 0.05) is 12.3 Å². The molecule has 22 heavy (non-hydrogen) atoms. The predicted molar refractivity (Wildman–Crippen MR) is 90.3 cm³/mol. The summed E-state index contributed by atoms with van der Waals surface area (Å²) in [5.41, 5.74) is -0.0495. The minimum absolute atomic E-state index is 0.0983. The molecule has 1 N–H and O–H groups in total. The summed E-state index contributed by atoms with van der Waals surface area (Å²) in [4.78, 5) is 12.6. The third kappa shape index (κ3) is 5.68. The molecule has 4 heteroatoms. The van der Waals surface area contributed by atoms with Crippen LogP contribution >= 0.6 is 0 Å². The lowest BCUT2D eigenvalue weighted by Gasteiger charge is -2.30. The predicted octanol–water partition coefficient (Wildman–Crippen LogP) is 4.26. The molecule has 1 unspecified atom stereocenters. The maximum absolute atomic E-state index is 12.6. The maximum atomic E-state index is 12.6. The van der Waals surface area contributed by atoms with Crippen LogP contribution < -0.4 is 10.1 Å². The van der Waals surface area contributed by atoms with Crippen LogP contribution in [-0.2, 0) is 9.53 Å². The number of benzene rings is 1. The van der Waals surface area contributed by atoms with Crippen molar-refractivity contribution < 1.29 is 14.3 Å². The van der Waals surface area contributed by atoms with E-state index in [1.54, 1.807) is 0 Å². The SMILES string of the molecule is CCCOC(C)(CC(C)C)C(=O)Nc1ccc(OCC)cc1. The third-order valence-corrected chi connectivity index (χ3v) is 3.33. The number of ether oxygens (including phenoxy) is 2. The quantitative estimate of drug-likeness (QED) is 0.741. The molecule has 0 aliphatic rings. The van der Waals surface area contributed by atoms with Crippen molar-refractivity contribution in [2.45, 2.75) is 53.1 Å². The van der Waals surface area contributed by atoms with Gasteiger partial charge in [0.2, 0.25) is 0 Å². The normalized spacial score (nSPS) is 13.7. The molecule has 1 amide bonds. The molecule has 0 radical (unpaired) electrons. The highest BCUT2D eigenvalue weighted by Gasteiger charge is 2.34. The van der Waals surface area contributed by atoms with Crippen molar-refractivity contribution >= 4 is 11.6 Å². The summed E-state index contributed by atoms with van der Waals surface area (Å²) in [6, 6.07) is 7.40. The van der Waals surface area contributed by atoms with Crippen LogP contribution in [0.4, 0.5) is 5.69 Å². The van der Waals surface area contributed by atoms with Crippen LogP contribution in [0.5, 0.6) is 5.75 Å². The molecule has 0 spiro atoms. The van der Waals surface area contributed by atoms with Crippen LogP contribution in [0.15, 0.2) is 24.3 Å². The van der Waals surface area contributed by atoms with Crippen LogP contribution in [0.3, 0.4) is 0 Å². The van der Waals surface area contributed by atoms with Gasteiger partial charge in [0.1, 0.15) is 11.4 Å². The largest absolute Gasteiger partial charge is 0.494 e. The Hall–Kier alpha value is -1.55. The molecular formula is C18H29NO3. The fraction of sp³-hybridized carbons (Fsp3) is 0.611. The Labute approximate surface area is 134 Å². The van der Waals surface area contributed by atoms with Crippen LogP contribution in [0, 0.1) is 5.92 Å². The Kier molecular flexibility index (Phi) is 7.39. The second-order valence-electron chi connectivity index (χ2n) is 6.09. The molecule has 0 saturated heterocycles. The first-order chi connectivity index (χ1) is 10.4. The summed E-state index contributed by atoms with van der Waals surface area (Å²) < 4.78 is 11.3. The van der Waals surface area contributed by atoms with Crippen molar-refractivity contribution in [2.24, 2.45) is 5.92 Å². The molecule has 0 aliphatic carbocycles. The van der Waals surface area contributed by atoms with Crippen molar-refractivity contribution in [3.8, 4) is 5.75 Å². The first-order valence-corrected chi connectivity index (χ1v) is 8.09. The van der Waals surface area contributed by atoms with Gasteiger partial charge in [-0.25, -0.2) is 0 Å². The number of carbonyl (C=O) groups excluding carboxylic acids is 1. The number of hydrogen-bond acceptors (Lipinski definition) is 3. The number of hydrogen-bond donors (Lipinski definition) is 1. The lowest BCUT2D eigenvalue weighted by molar-refractivity contribution is -0.141. The van der Waals surface area contributed by atoms with E-state index in [0.717, 1.165) is 17.9 Å². The number of anilines is 1. The van der Waals surface area contributed by atoms with E-state index in [9.17, 15) is 4.79 Å². The van der Waals surface area contributed by atoms with E-state index in [1.165, 1.54) is 0 Å². The number of nitrogens with one attached hydrogen (secondary N) is 1. The number of amides is 1. The molecule has 0 saturated carbocycles. The standard InChI is InChI=1S/C18H29NO3/c1-6-12-22-18(5,13-14(3)4)17(20)19-15-8-10-16(11-9-15)21-7-2/h8-11,14H,6-7,12-13H2,1-5H3,(H,19,20). The van der Waals surface area contributed by atoms with Gasteiger partial charge in [-0.05, 0) is 56.9 Å². The van der Waals surface area contributed by atoms with E-state index >= 15 is 0 Å². The van der Waals surface area contributed by atoms with E-state index < -0.39 is 5.60 Å². The van der Waals surface area contributed by atoms with Gasteiger partial charge in [-0.1, -0.05) is 20.8 Å². The summed E-state index contributed by atoms with van der Waals surface area (Å²) >= 11 is 0. The summed E-state index contributed by atoms with van der Waals surface area (Å²) in [7, 11) is 0. The lowest BCUT2D eigenvalue weighted by atomic mass is 9.93. The van der Waals surface area contributed by atoms with Crippen molar-refractivity contribution in [3.63, 3.8) is 0 Å². The molecule has 1 atom stereocenters. The van der Waals surface area contributed by atoms with E-state index in [4.69, 9.17) is 9.47 Å². The average molecular weight is 307 g/mol. The summed E-state index contributed by atoms with van der Waals surface area (Å²) in [6.07, 6.45) is 1.58. The highest BCUT2D eigenvalue weighted by Crippen LogP contribution is 2.24. The number of carbonyl (C=O) groups is 1. The first kappa shape index (κ1) is 18.5. The Bertz CT molecular complexity index is 456. The van der Waals surface area contributed by atoms with E-state index in [1.807, 2.05) is 45.0 Å².